The van der Waals surface area contributed by atoms with E-state index in [1.54, 1.807) is 36.7 Å². The zero-order valence-electron chi connectivity index (χ0n) is 21.1. The average Bonchev–Trinajstić information content (AvgIpc) is 2.86. The van der Waals surface area contributed by atoms with Crippen LogP contribution in [0.25, 0.3) is 11.1 Å². The summed E-state index contributed by atoms with van der Waals surface area (Å²) >= 11 is 0. The van der Waals surface area contributed by atoms with Gasteiger partial charge in [-0.05, 0) is 53.8 Å². The van der Waals surface area contributed by atoms with Crippen LogP contribution in [-0.2, 0) is 23.3 Å². The van der Waals surface area contributed by atoms with E-state index in [9.17, 15) is 23.1 Å². The Balaban J connectivity index is 1.41. The SMILES string of the molecule is CC(C)(c1ccc(-c2ccc(CN3CCN(Cc4ccncc4)CC3CC(=O)O)cc2)cc1)C(F)(F)F. The molecule has 4 rings (SSSR count). The summed E-state index contributed by atoms with van der Waals surface area (Å²) in [6, 6.07) is 18.3. The zero-order chi connectivity index (χ0) is 26.6. The Bertz CT molecular complexity index is 1180. The van der Waals surface area contributed by atoms with E-state index >= 15 is 0 Å². The molecule has 1 aromatic heterocycles. The predicted octanol–water partition coefficient (Wildman–Crippen LogP) is 5.75. The van der Waals surface area contributed by atoms with Gasteiger partial charge in [0.15, 0.2) is 0 Å². The lowest BCUT2D eigenvalue weighted by atomic mass is 9.83. The number of hydrogen-bond acceptors (Lipinski definition) is 4. The summed E-state index contributed by atoms with van der Waals surface area (Å²) in [4.78, 5) is 20.1. The Morgan fingerprint density at radius 2 is 1.46 bits per heavy atom. The first kappa shape index (κ1) is 26.8. The summed E-state index contributed by atoms with van der Waals surface area (Å²) in [5.41, 5.74) is 2.31. The monoisotopic (exact) mass is 511 g/mol. The van der Waals surface area contributed by atoms with Crippen molar-refractivity contribution >= 4 is 5.97 Å². The summed E-state index contributed by atoms with van der Waals surface area (Å²) in [5.74, 6) is -0.812. The Labute approximate surface area is 215 Å². The smallest absolute Gasteiger partial charge is 0.397 e. The van der Waals surface area contributed by atoms with Gasteiger partial charge in [-0.15, -0.1) is 0 Å². The number of aliphatic carboxylic acids is 1. The van der Waals surface area contributed by atoms with Crippen molar-refractivity contribution < 1.29 is 23.1 Å². The first-order chi connectivity index (χ1) is 17.5. The fourth-order valence-electron chi connectivity index (χ4n) is 4.73. The van der Waals surface area contributed by atoms with Crippen molar-refractivity contribution in [3.05, 3.63) is 89.7 Å². The van der Waals surface area contributed by atoms with Crippen LogP contribution in [0.4, 0.5) is 13.2 Å². The van der Waals surface area contributed by atoms with Gasteiger partial charge in [-0.25, -0.2) is 0 Å². The highest BCUT2D eigenvalue weighted by atomic mass is 19.4. The largest absolute Gasteiger partial charge is 0.481 e. The summed E-state index contributed by atoms with van der Waals surface area (Å²) in [5, 5.41) is 9.49. The molecule has 5 nitrogen and oxygen atoms in total. The van der Waals surface area contributed by atoms with Crippen molar-refractivity contribution in [3.63, 3.8) is 0 Å². The molecule has 1 aliphatic heterocycles. The summed E-state index contributed by atoms with van der Waals surface area (Å²) in [6.07, 6.45) is -0.714. The molecule has 1 saturated heterocycles. The van der Waals surface area contributed by atoms with Gasteiger partial charge < -0.3 is 5.11 Å². The van der Waals surface area contributed by atoms with Gasteiger partial charge in [-0.3, -0.25) is 19.6 Å². The lowest BCUT2D eigenvalue weighted by molar-refractivity contribution is -0.180. The van der Waals surface area contributed by atoms with Crippen LogP contribution >= 0.6 is 0 Å². The van der Waals surface area contributed by atoms with Crippen molar-refractivity contribution in [2.75, 3.05) is 19.6 Å². The zero-order valence-corrected chi connectivity index (χ0v) is 21.1. The van der Waals surface area contributed by atoms with Gasteiger partial charge in [0.25, 0.3) is 0 Å². The van der Waals surface area contributed by atoms with Crippen LogP contribution in [0.2, 0.25) is 0 Å². The van der Waals surface area contributed by atoms with Crippen LogP contribution in [0.1, 0.15) is 37.0 Å². The van der Waals surface area contributed by atoms with Crippen LogP contribution in [0, 0.1) is 0 Å². The number of carbonyl (C=O) groups is 1. The van der Waals surface area contributed by atoms with E-state index in [2.05, 4.69) is 14.8 Å². The number of pyridine rings is 1. The van der Waals surface area contributed by atoms with Gasteiger partial charge in [-0.2, -0.15) is 13.2 Å². The van der Waals surface area contributed by atoms with Gasteiger partial charge >= 0.3 is 12.1 Å². The normalized spacial score (nSPS) is 17.6. The van der Waals surface area contributed by atoms with Crippen LogP contribution in [0.3, 0.4) is 0 Å². The number of aromatic nitrogens is 1. The van der Waals surface area contributed by atoms with E-state index in [4.69, 9.17) is 0 Å². The molecule has 3 aromatic rings. The Morgan fingerprint density at radius 3 is 2.03 bits per heavy atom. The number of benzene rings is 2. The molecular formula is C29H32F3N3O2. The predicted molar refractivity (Wildman–Crippen MR) is 137 cm³/mol. The van der Waals surface area contributed by atoms with Crippen molar-refractivity contribution in [1.29, 1.82) is 0 Å². The molecule has 2 heterocycles. The Hall–Kier alpha value is -3.23. The molecule has 196 valence electrons. The van der Waals surface area contributed by atoms with Gasteiger partial charge in [0, 0.05) is 51.2 Å². The standard InChI is InChI=1S/C29H32F3N3O2/c1-28(2,29(30,31)32)25-9-7-24(8-10-25)23-5-3-21(4-6-23)19-35-16-15-34(20-26(35)17-27(36)37)18-22-11-13-33-14-12-22/h3-14,26H,15-20H2,1-2H3,(H,36,37). The van der Waals surface area contributed by atoms with Crippen molar-refractivity contribution in [2.45, 2.75) is 51.0 Å². The van der Waals surface area contributed by atoms with Gasteiger partial charge in [0.1, 0.15) is 0 Å². The third kappa shape index (κ3) is 6.56. The highest BCUT2D eigenvalue weighted by molar-refractivity contribution is 5.67. The molecule has 0 saturated carbocycles. The maximum absolute atomic E-state index is 13.4. The van der Waals surface area contributed by atoms with Gasteiger partial charge in [0.2, 0.25) is 0 Å². The first-order valence-corrected chi connectivity index (χ1v) is 12.4. The minimum atomic E-state index is -4.32. The second kappa shape index (κ2) is 11.0. The van der Waals surface area contributed by atoms with Crippen molar-refractivity contribution in [1.82, 2.24) is 14.8 Å². The van der Waals surface area contributed by atoms with Crippen LogP contribution in [-0.4, -0.2) is 57.7 Å². The topological polar surface area (TPSA) is 56.7 Å². The molecule has 1 N–H and O–H groups in total. The number of hydrogen-bond donors (Lipinski definition) is 1. The van der Waals surface area contributed by atoms with Crippen molar-refractivity contribution in [2.24, 2.45) is 0 Å². The molecular weight excluding hydrogens is 479 g/mol. The minimum absolute atomic E-state index is 0.0750. The highest BCUT2D eigenvalue weighted by Crippen LogP contribution is 2.40. The number of alkyl halides is 3. The fraction of sp³-hybridized carbons (Fsp3) is 0.379. The Morgan fingerprint density at radius 1 is 0.892 bits per heavy atom. The number of nitrogens with zero attached hydrogens (tertiary/aromatic N) is 3. The van der Waals surface area contributed by atoms with Gasteiger partial charge in [-0.1, -0.05) is 48.5 Å². The van der Waals surface area contributed by atoms with E-state index in [-0.39, 0.29) is 18.0 Å². The summed E-state index contributed by atoms with van der Waals surface area (Å²) in [7, 11) is 0. The van der Waals surface area contributed by atoms with E-state index < -0.39 is 17.6 Å². The minimum Gasteiger partial charge on any atom is -0.481 e. The van der Waals surface area contributed by atoms with Crippen LogP contribution in [0.15, 0.2) is 73.1 Å². The molecule has 37 heavy (non-hydrogen) atoms. The molecule has 0 spiro atoms. The average molecular weight is 512 g/mol. The molecule has 0 amide bonds. The fourth-order valence-corrected chi connectivity index (χ4v) is 4.73. The summed E-state index contributed by atoms with van der Waals surface area (Å²) < 4.78 is 40.1. The molecule has 0 aliphatic carbocycles. The molecule has 0 radical (unpaired) electrons. The number of piperazine rings is 1. The molecule has 1 fully saturated rings. The summed E-state index contributed by atoms with van der Waals surface area (Å²) in [6.45, 7) is 6.06. The molecule has 2 aromatic carbocycles. The van der Waals surface area contributed by atoms with E-state index in [1.807, 2.05) is 36.4 Å². The molecule has 8 heteroatoms. The number of carboxylic acid groups (broad SMARTS) is 1. The lowest BCUT2D eigenvalue weighted by Crippen LogP contribution is -2.52. The first-order valence-electron chi connectivity index (χ1n) is 12.4. The van der Waals surface area contributed by atoms with Crippen LogP contribution in [0.5, 0.6) is 0 Å². The van der Waals surface area contributed by atoms with Crippen molar-refractivity contribution in [3.8, 4) is 11.1 Å². The Kier molecular flexibility index (Phi) is 7.99. The van der Waals surface area contributed by atoms with E-state index in [0.717, 1.165) is 41.9 Å². The van der Waals surface area contributed by atoms with Crippen LogP contribution < -0.4 is 0 Å². The third-order valence-electron chi connectivity index (χ3n) is 7.24. The second-order valence-corrected chi connectivity index (χ2v) is 10.2. The lowest BCUT2D eigenvalue weighted by Gasteiger charge is -2.41. The molecule has 1 unspecified atom stereocenters. The quantitative estimate of drug-likeness (QED) is 0.417. The molecule has 1 aliphatic rings. The maximum atomic E-state index is 13.4. The van der Waals surface area contributed by atoms with E-state index in [1.165, 1.54) is 13.8 Å². The second-order valence-electron chi connectivity index (χ2n) is 10.2. The number of rotatable bonds is 8. The maximum Gasteiger partial charge on any atom is 0.397 e. The molecule has 0 bridgehead atoms. The molecule has 1 atom stereocenters. The van der Waals surface area contributed by atoms with Gasteiger partial charge in [0.05, 0.1) is 11.8 Å². The highest BCUT2D eigenvalue weighted by Gasteiger charge is 2.48. The van der Waals surface area contributed by atoms with E-state index in [0.29, 0.717) is 13.1 Å². The number of halogens is 3. The third-order valence-corrected chi connectivity index (χ3v) is 7.24. The number of carboxylic acids is 1.